The van der Waals surface area contributed by atoms with E-state index in [0.29, 0.717) is 16.3 Å². The highest BCUT2D eigenvalue weighted by molar-refractivity contribution is 6.32. The summed E-state index contributed by atoms with van der Waals surface area (Å²) in [7, 11) is 0. The summed E-state index contributed by atoms with van der Waals surface area (Å²) in [6, 6.07) is 7.70. The van der Waals surface area contributed by atoms with Crippen LogP contribution in [0.4, 0.5) is 5.69 Å². The molecule has 0 heterocycles. The molecule has 0 bridgehead atoms. The minimum Gasteiger partial charge on any atom is -0.397 e. The lowest BCUT2D eigenvalue weighted by Crippen LogP contribution is -1.89. The number of nitrogens with two attached hydrogens (primary N) is 1. The van der Waals surface area contributed by atoms with E-state index in [-0.39, 0.29) is 0 Å². The van der Waals surface area contributed by atoms with Gasteiger partial charge in [0, 0.05) is 6.07 Å². The SMILES string of the molecule is N#Cc1c(N)[c]ccc1Cl. The molecule has 0 spiro atoms. The number of anilines is 1. The molecule has 2 N–H and O–H groups in total. The van der Waals surface area contributed by atoms with Gasteiger partial charge in [0.05, 0.1) is 16.3 Å². The van der Waals surface area contributed by atoms with Crippen molar-refractivity contribution in [1.82, 2.24) is 0 Å². The fraction of sp³-hybridized carbons (Fsp3) is 0. The molecule has 10 heavy (non-hydrogen) atoms. The quantitative estimate of drug-likeness (QED) is 0.573. The molecular weight excluding hydrogens is 148 g/mol. The standard InChI is InChI=1S/C7H4ClN2/c8-6-2-1-3-7(10)5(6)4-9/h1-2H,10H2. The smallest absolute Gasteiger partial charge is 0.103 e. The molecule has 0 saturated heterocycles. The number of nitrogen functional groups attached to an aromatic ring is 1. The molecule has 0 aliphatic carbocycles. The van der Waals surface area contributed by atoms with E-state index in [0.717, 1.165) is 0 Å². The van der Waals surface area contributed by atoms with Crippen LogP contribution >= 0.6 is 11.6 Å². The predicted octanol–water partition coefficient (Wildman–Crippen LogP) is 1.59. The van der Waals surface area contributed by atoms with Crippen LogP contribution in [0.2, 0.25) is 5.02 Å². The average Bonchev–Trinajstić information content (AvgIpc) is 1.88. The lowest BCUT2D eigenvalue weighted by molar-refractivity contribution is 1.48. The summed E-state index contributed by atoms with van der Waals surface area (Å²) >= 11 is 5.61. The minimum absolute atomic E-state index is 0.296. The molecule has 0 saturated carbocycles. The first-order valence-corrected chi connectivity index (χ1v) is 2.99. The van der Waals surface area contributed by atoms with E-state index >= 15 is 0 Å². The molecule has 2 nitrogen and oxygen atoms in total. The van der Waals surface area contributed by atoms with Gasteiger partial charge in [0.15, 0.2) is 0 Å². The maximum Gasteiger partial charge on any atom is 0.103 e. The van der Waals surface area contributed by atoms with Gasteiger partial charge < -0.3 is 5.73 Å². The second-order valence-corrected chi connectivity index (χ2v) is 2.13. The molecule has 49 valence electrons. The zero-order chi connectivity index (χ0) is 7.56. The number of hydrogen-bond donors (Lipinski definition) is 1. The van der Waals surface area contributed by atoms with Crippen LogP contribution in [-0.2, 0) is 0 Å². The van der Waals surface area contributed by atoms with Crippen molar-refractivity contribution in [3.63, 3.8) is 0 Å². The van der Waals surface area contributed by atoms with E-state index in [4.69, 9.17) is 22.6 Å². The maximum absolute atomic E-state index is 8.46. The largest absolute Gasteiger partial charge is 0.397 e. The lowest BCUT2D eigenvalue weighted by Gasteiger charge is -1.95. The molecule has 0 atom stereocenters. The van der Waals surface area contributed by atoms with Gasteiger partial charge in [-0.15, -0.1) is 0 Å². The van der Waals surface area contributed by atoms with Crippen molar-refractivity contribution in [2.45, 2.75) is 0 Å². The number of halogens is 1. The van der Waals surface area contributed by atoms with E-state index in [1.807, 2.05) is 6.07 Å². The Morgan fingerprint density at radius 2 is 2.40 bits per heavy atom. The summed E-state index contributed by atoms with van der Waals surface area (Å²) in [5, 5.41) is 8.84. The van der Waals surface area contributed by atoms with Gasteiger partial charge in [-0.05, 0) is 6.07 Å². The van der Waals surface area contributed by atoms with Crippen LogP contribution in [0.5, 0.6) is 0 Å². The number of rotatable bonds is 0. The summed E-state index contributed by atoms with van der Waals surface area (Å²) in [5.41, 5.74) is 5.97. The molecule has 0 amide bonds. The van der Waals surface area contributed by atoms with Crippen molar-refractivity contribution in [3.05, 3.63) is 28.8 Å². The Morgan fingerprint density at radius 3 is 2.80 bits per heavy atom. The molecule has 0 fully saturated rings. The molecule has 0 unspecified atom stereocenters. The van der Waals surface area contributed by atoms with E-state index in [2.05, 4.69) is 6.07 Å². The number of nitrogens with zero attached hydrogens (tertiary/aromatic N) is 1. The van der Waals surface area contributed by atoms with Gasteiger partial charge in [-0.2, -0.15) is 5.26 Å². The minimum atomic E-state index is 0.296. The molecule has 0 aromatic heterocycles. The van der Waals surface area contributed by atoms with Gasteiger partial charge in [0.25, 0.3) is 0 Å². The third kappa shape index (κ3) is 1.04. The summed E-state index contributed by atoms with van der Waals surface area (Å²) in [6.07, 6.45) is 0. The lowest BCUT2D eigenvalue weighted by atomic mass is 10.2. The third-order valence-corrected chi connectivity index (χ3v) is 1.40. The van der Waals surface area contributed by atoms with Gasteiger partial charge in [-0.3, -0.25) is 0 Å². The van der Waals surface area contributed by atoms with Crippen molar-refractivity contribution in [3.8, 4) is 6.07 Å². The van der Waals surface area contributed by atoms with Crippen molar-refractivity contribution >= 4 is 17.3 Å². The van der Waals surface area contributed by atoms with Crippen molar-refractivity contribution in [2.24, 2.45) is 0 Å². The summed E-state index contributed by atoms with van der Waals surface area (Å²) < 4.78 is 0. The number of hydrogen-bond acceptors (Lipinski definition) is 2. The molecule has 0 aliphatic heterocycles. The molecule has 1 aromatic rings. The van der Waals surface area contributed by atoms with Crippen molar-refractivity contribution < 1.29 is 0 Å². The predicted molar refractivity (Wildman–Crippen MR) is 39.4 cm³/mol. The highest BCUT2D eigenvalue weighted by atomic mass is 35.5. The first-order valence-electron chi connectivity index (χ1n) is 2.61. The highest BCUT2D eigenvalue weighted by Crippen LogP contribution is 2.19. The van der Waals surface area contributed by atoms with Crippen LogP contribution in [0.15, 0.2) is 12.1 Å². The Kier molecular flexibility index (Phi) is 1.79. The van der Waals surface area contributed by atoms with Gasteiger partial charge in [-0.25, -0.2) is 0 Å². The van der Waals surface area contributed by atoms with Gasteiger partial charge >= 0.3 is 0 Å². The third-order valence-electron chi connectivity index (χ3n) is 1.09. The zero-order valence-electron chi connectivity index (χ0n) is 5.06. The Morgan fingerprint density at radius 1 is 1.70 bits per heavy atom. The van der Waals surface area contributed by atoms with Crippen molar-refractivity contribution in [1.29, 1.82) is 5.26 Å². The van der Waals surface area contributed by atoms with Gasteiger partial charge in [0.1, 0.15) is 6.07 Å². The second kappa shape index (κ2) is 2.59. The summed E-state index contributed by atoms with van der Waals surface area (Å²) in [4.78, 5) is 0. The highest BCUT2D eigenvalue weighted by Gasteiger charge is 2.00. The first-order chi connectivity index (χ1) is 4.75. The van der Waals surface area contributed by atoms with E-state index in [9.17, 15) is 0 Å². The fourth-order valence-electron chi connectivity index (χ4n) is 0.602. The number of nitriles is 1. The fourth-order valence-corrected chi connectivity index (χ4v) is 0.809. The molecule has 1 radical (unpaired) electrons. The summed E-state index contributed by atoms with van der Waals surface area (Å²) in [6.45, 7) is 0. The van der Waals surface area contributed by atoms with Crippen LogP contribution < -0.4 is 5.73 Å². The van der Waals surface area contributed by atoms with Crippen LogP contribution in [0.25, 0.3) is 0 Å². The Hall–Kier alpha value is -1.20. The van der Waals surface area contributed by atoms with Crippen LogP contribution in [0.3, 0.4) is 0 Å². The summed E-state index contributed by atoms with van der Waals surface area (Å²) in [5.74, 6) is 0. The van der Waals surface area contributed by atoms with Gasteiger partial charge in [-0.1, -0.05) is 17.7 Å². The first kappa shape index (κ1) is 6.91. The van der Waals surface area contributed by atoms with Crippen LogP contribution in [-0.4, -0.2) is 0 Å². The molecule has 0 aliphatic rings. The van der Waals surface area contributed by atoms with Gasteiger partial charge in [0.2, 0.25) is 0 Å². The topological polar surface area (TPSA) is 49.8 Å². The molecular formula is C7H4ClN2. The van der Waals surface area contributed by atoms with Crippen molar-refractivity contribution in [2.75, 3.05) is 5.73 Å². The van der Waals surface area contributed by atoms with Crippen LogP contribution in [0.1, 0.15) is 5.56 Å². The maximum atomic E-state index is 8.46. The second-order valence-electron chi connectivity index (χ2n) is 1.73. The zero-order valence-corrected chi connectivity index (χ0v) is 5.81. The average molecular weight is 152 g/mol. The Bertz CT molecular complexity index is 268. The van der Waals surface area contributed by atoms with E-state index in [1.165, 1.54) is 0 Å². The van der Waals surface area contributed by atoms with Crippen LogP contribution in [0, 0.1) is 17.4 Å². The van der Waals surface area contributed by atoms with E-state index in [1.54, 1.807) is 12.1 Å². The monoisotopic (exact) mass is 151 g/mol. The Balaban J connectivity index is 3.34. The normalized spacial score (nSPS) is 8.80. The molecule has 1 aromatic carbocycles. The van der Waals surface area contributed by atoms with E-state index < -0.39 is 0 Å². The molecule has 1 rings (SSSR count). The molecule has 3 heteroatoms. The number of benzene rings is 1. The Labute approximate surface area is 63.8 Å².